The molecule has 0 aromatic heterocycles. The highest BCUT2D eigenvalue weighted by molar-refractivity contribution is 5.47. The molecular formula is C27H30O4. The van der Waals surface area contributed by atoms with Gasteiger partial charge in [0, 0.05) is 13.0 Å². The maximum Gasteiger partial charge on any atom is 0.158 e. The van der Waals surface area contributed by atoms with Crippen LogP contribution >= 0.6 is 0 Å². The van der Waals surface area contributed by atoms with E-state index >= 15 is 0 Å². The summed E-state index contributed by atoms with van der Waals surface area (Å²) in [4.78, 5) is 0. The maximum atomic E-state index is 10.6. The minimum atomic E-state index is -0.828. The lowest BCUT2D eigenvalue weighted by Crippen LogP contribution is -2.45. The van der Waals surface area contributed by atoms with Crippen molar-refractivity contribution in [3.05, 3.63) is 108 Å². The highest BCUT2D eigenvalue weighted by atomic mass is 16.7. The van der Waals surface area contributed by atoms with Gasteiger partial charge in [0.25, 0.3) is 0 Å². The lowest BCUT2D eigenvalue weighted by atomic mass is 9.80. The summed E-state index contributed by atoms with van der Waals surface area (Å²) in [6, 6.07) is 30.7. The number of aliphatic hydroxyl groups excluding tert-OH is 1. The van der Waals surface area contributed by atoms with E-state index < -0.39 is 17.8 Å². The Kier molecular flexibility index (Phi) is 7.15. The summed E-state index contributed by atoms with van der Waals surface area (Å²) in [6.45, 7) is 2.77. The van der Waals surface area contributed by atoms with Crippen LogP contribution in [0.2, 0.25) is 0 Å². The van der Waals surface area contributed by atoms with Crippen LogP contribution in [0.15, 0.2) is 91.0 Å². The van der Waals surface area contributed by atoms with E-state index in [1.807, 2.05) is 61.5 Å². The third kappa shape index (κ3) is 4.73. The first-order valence-corrected chi connectivity index (χ1v) is 11.0. The predicted octanol–water partition coefficient (Wildman–Crippen LogP) is 4.90. The van der Waals surface area contributed by atoms with Crippen molar-refractivity contribution >= 4 is 0 Å². The molecule has 31 heavy (non-hydrogen) atoms. The van der Waals surface area contributed by atoms with Crippen LogP contribution in [-0.4, -0.2) is 36.8 Å². The van der Waals surface area contributed by atoms with Gasteiger partial charge in [0.15, 0.2) is 6.29 Å². The Balaban J connectivity index is 1.74. The summed E-state index contributed by atoms with van der Waals surface area (Å²) in [7, 11) is 0. The molecule has 1 aliphatic heterocycles. The van der Waals surface area contributed by atoms with Gasteiger partial charge < -0.3 is 19.3 Å². The first-order valence-electron chi connectivity index (χ1n) is 11.0. The van der Waals surface area contributed by atoms with Gasteiger partial charge in [0.2, 0.25) is 0 Å². The molecule has 1 fully saturated rings. The van der Waals surface area contributed by atoms with E-state index in [-0.39, 0.29) is 12.9 Å². The minimum Gasteiger partial charge on any atom is -0.390 e. The summed E-state index contributed by atoms with van der Waals surface area (Å²) in [5, 5.41) is 10.6. The zero-order valence-corrected chi connectivity index (χ0v) is 17.9. The molecule has 0 amide bonds. The van der Waals surface area contributed by atoms with Crippen molar-refractivity contribution < 1.29 is 19.3 Å². The number of benzene rings is 3. The topological polar surface area (TPSA) is 47.9 Å². The van der Waals surface area contributed by atoms with Crippen molar-refractivity contribution in [2.45, 2.75) is 43.9 Å². The molecule has 0 spiro atoms. The molecule has 3 aromatic carbocycles. The molecule has 3 aromatic rings. The van der Waals surface area contributed by atoms with Crippen LogP contribution in [0, 0.1) is 0 Å². The Labute approximate surface area is 184 Å². The Morgan fingerprint density at radius 1 is 0.806 bits per heavy atom. The third-order valence-corrected chi connectivity index (χ3v) is 5.81. The molecule has 0 bridgehead atoms. The molecule has 0 radical (unpaired) electrons. The van der Waals surface area contributed by atoms with Crippen LogP contribution in [0.5, 0.6) is 0 Å². The van der Waals surface area contributed by atoms with Gasteiger partial charge in [0.1, 0.15) is 11.7 Å². The molecule has 1 aliphatic rings. The van der Waals surface area contributed by atoms with Crippen molar-refractivity contribution in [1.29, 1.82) is 0 Å². The molecule has 1 N–H and O–H groups in total. The predicted molar refractivity (Wildman–Crippen MR) is 121 cm³/mol. The molecule has 162 valence electrons. The van der Waals surface area contributed by atoms with Crippen LogP contribution in [0.3, 0.4) is 0 Å². The summed E-state index contributed by atoms with van der Waals surface area (Å²) in [5.74, 6) is 0. The van der Waals surface area contributed by atoms with Crippen molar-refractivity contribution in [2.75, 3.05) is 13.2 Å². The fraction of sp³-hybridized carbons (Fsp3) is 0.333. The van der Waals surface area contributed by atoms with E-state index in [9.17, 15) is 5.11 Å². The highest BCUT2D eigenvalue weighted by Gasteiger charge is 2.40. The molecular weight excluding hydrogens is 388 g/mol. The lowest BCUT2D eigenvalue weighted by molar-refractivity contribution is -0.236. The zero-order chi connectivity index (χ0) is 21.5. The van der Waals surface area contributed by atoms with Crippen molar-refractivity contribution in [1.82, 2.24) is 0 Å². The molecule has 4 nitrogen and oxygen atoms in total. The van der Waals surface area contributed by atoms with E-state index in [0.29, 0.717) is 19.4 Å². The summed E-state index contributed by atoms with van der Waals surface area (Å²) >= 11 is 0. The van der Waals surface area contributed by atoms with Gasteiger partial charge in [0.05, 0.1) is 12.7 Å². The van der Waals surface area contributed by atoms with Crippen LogP contribution < -0.4 is 0 Å². The fourth-order valence-corrected chi connectivity index (χ4v) is 4.28. The van der Waals surface area contributed by atoms with Crippen LogP contribution in [0.25, 0.3) is 0 Å². The Bertz CT molecular complexity index is 817. The van der Waals surface area contributed by atoms with E-state index in [1.165, 1.54) is 0 Å². The second-order valence-corrected chi connectivity index (χ2v) is 7.79. The van der Waals surface area contributed by atoms with E-state index in [0.717, 1.165) is 16.7 Å². The molecule has 0 unspecified atom stereocenters. The monoisotopic (exact) mass is 418 g/mol. The number of ether oxygens (including phenoxy) is 3. The molecule has 1 heterocycles. The second-order valence-electron chi connectivity index (χ2n) is 7.79. The number of rotatable bonds is 8. The first-order chi connectivity index (χ1) is 15.2. The Morgan fingerprint density at radius 2 is 1.29 bits per heavy atom. The van der Waals surface area contributed by atoms with E-state index in [4.69, 9.17) is 14.2 Å². The van der Waals surface area contributed by atoms with Gasteiger partial charge in [-0.05, 0) is 30.0 Å². The molecule has 3 atom stereocenters. The number of aliphatic hydroxyl groups is 1. The average Bonchev–Trinajstić information content (AvgIpc) is 2.83. The highest BCUT2D eigenvalue weighted by Crippen LogP contribution is 2.41. The number of hydrogen-bond acceptors (Lipinski definition) is 4. The normalized spacial score (nSPS) is 21.7. The molecule has 0 aliphatic carbocycles. The van der Waals surface area contributed by atoms with Gasteiger partial charge in [-0.2, -0.15) is 0 Å². The molecule has 4 heteroatoms. The number of hydrogen-bond donors (Lipinski definition) is 1. The van der Waals surface area contributed by atoms with Crippen molar-refractivity contribution in [3.8, 4) is 0 Å². The summed E-state index contributed by atoms with van der Waals surface area (Å²) in [5.41, 5.74) is 2.25. The first kappa shape index (κ1) is 21.7. The van der Waals surface area contributed by atoms with Crippen LogP contribution in [-0.2, 0) is 19.8 Å². The minimum absolute atomic E-state index is 0.240. The van der Waals surface area contributed by atoms with Gasteiger partial charge in [-0.1, -0.05) is 91.0 Å². The quantitative estimate of drug-likeness (QED) is 0.529. The summed E-state index contributed by atoms with van der Waals surface area (Å²) in [6.07, 6.45) is -0.0282. The van der Waals surface area contributed by atoms with E-state index in [2.05, 4.69) is 36.4 Å². The molecule has 0 saturated carbocycles. The SMILES string of the molecule is CCO[C@@H]1CC[C@H](O)[C@@H](COC(c2ccccc2)(c2ccccc2)c2ccccc2)O1. The maximum absolute atomic E-state index is 10.6. The fourth-order valence-electron chi connectivity index (χ4n) is 4.28. The lowest BCUT2D eigenvalue weighted by Gasteiger charge is -2.39. The van der Waals surface area contributed by atoms with Crippen LogP contribution in [0.1, 0.15) is 36.5 Å². The Hall–Kier alpha value is -2.50. The largest absolute Gasteiger partial charge is 0.390 e. The Morgan fingerprint density at radius 3 is 1.74 bits per heavy atom. The smallest absolute Gasteiger partial charge is 0.158 e. The van der Waals surface area contributed by atoms with Gasteiger partial charge >= 0.3 is 0 Å². The van der Waals surface area contributed by atoms with Crippen LogP contribution in [0.4, 0.5) is 0 Å². The van der Waals surface area contributed by atoms with Crippen molar-refractivity contribution in [2.24, 2.45) is 0 Å². The standard InChI is InChI=1S/C27H30O4/c1-2-29-26-19-18-24(28)25(31-26)20-30-27(21-12-6-3-7-13-21,22-14-8-4-9-15-22)23-16-10-5-11-17-23/h3-17,24-26,28H,2,18-20H2,1H3/t24-,25+,26-/m0/s1. The van der Waals surface area contributed by atoms with Crippen molar-refractivity contribution in [3.63, 3.8) is 0 Å². The van der Waals surface area contributed by atoms with Gasteiger partial charge in [-0.15, -0.1) is 0 Å². The van der Waals surface area contributed by atoms with E-state index in [1.54, 1.807) is 0 Å². The molecule has 1 saturated heterocycles. The summed E-state index contributed by atoms with van der Waals surface area (Å²) < 4.78 is 18.5. The van der Waals surface area contributed by atoms with Gasteiger partial charge in [-0.25, -0.2) is 0 Å². The average molecular weight is 419 g/mol. The third-order valence-electron chi connectivity index (χ3n) is 5.81. The second kappa shape index (κ2) is 10.2. The zero-order valence-electron chi connectivity index (χ0n) is 17.9. The van der Waals surface area contributed by atoms with Gasteiger partial charge in [-0.3, -0.25) is 0 Å². The molecule has 4 rings (SSSR count).